The van der Waals surface area contributed by atoms with Crippen LogP contribution in [0.2, 0.25) is 0 Å². The molecule has 23 heavy (non-hydrogen) atoms. The fraction of sp³-hybridized carbons (Fsp3) is 0.556. The van der Waals surface area contributed by atoms with E-state index in [0.717, 1.165) is 37.1 Å². The van der Waals surface area contributed by atoms with Crippen molar-refractivity contribution in [3.63, 3.8) is 0 Å². The minimum atomic E-state index is -0.00413. The molecular weight excluding hydrogens is 290 g/mol. The highest BCUT2D eigenvalue weighted by molar-refractivity contribution is 5.91. The van der Waals surface area contributed by atoms with E-state index in [1.807, 2.05) is 26.2 Å². The molecule has 0 bridgehead atoms. The number of amides is 2. The summed E-state index contributed by atoms with van der Waals surface area (Å²) in [6, 6.07) is 6.11. The van der Waals surface area contributed by atoms with Crippen LogP contribution in [0.15, 0.2) is 18.2 Å². The second-order valence-corrected chi connectivity index (χ2v) is 6.24. The van der Waals surface area contributed by atoms with Crippen molar-refractivity contribution in [3.8, 4) is 0 Å². The maximum Gasteiger partial charge on any atom is 0.224 e. The second kappa shape index (κ2) is 10.0. The Morgan fingerprint density at radius 2 is 1.87 bits per heavy atom. The quantitative estimate of drug-likeness (QED) is 0.688. The highest BCUT2D eigenvalue weighted by Crippen LogP contribution is 2.19. The number of hydrogen-bond donors (Lipinski definition) is 2. The van der Waals surface area contributed by atoms with Crippen LogP contribution in [0.1, 0.15) is 43.7 Å². The first-order valence-electron chi connectivity index (χ1n) is 8.17. The molecule has 1 aromatic rings. The van der Waals surface area contributed by atoms with Crippen molar-refractivity contribution in [1.29, 1.82) is 0 Å². The lowest BCUT2D eigenvalue weighted by Crippen LogP contribution is -2.20. The number of rotatable bonds is 9. The molecule has 2 amide bonds. The van der Waals surface area contributed by atoms with Crippen LogP contribution in [0.5, 0.6) is 0 Å². The van der Waals surface area contributed by atoms with Crippen molar-refractivity contribution in [1.82, 2.24) is 10.2 Å². The predicted molar refractivity (Wildman–Crippen MR) is 94.4 cm³/mol. The molecule has 0 saturated carbocycles. The van der Waals surface area contributed by atoms with Gasteiger partial charge in [-0.25, -0.2) is 0 Å². The Kier molecular flexibility index (Phi) is 8.33. The van der Waals surface area contributed by atoms with E-state index in [-0.39, 0.29) is 11.8 Å². The molecule has 1 aromatic carbocycles. The van der Waals surface area contributed by atoms with Gasteiger partial charge < -0.3 is 15.5 Å². The third-order valence-corrected chi connectivity index (χ3v) is 3.48. The van der Waals surface area contributed by atoms with Gasteiger partial charge in [-0.15, -0.1) is 0 Å². The summed E-state index contributed by atoms with van der Waals surface area (Å²) in [5.74, 6) is 0.0453. The molecule has 0 fully saturated rings. The van der Waals surface area contributed by atoms with Crippen LogP contribution in [-0.2, 0) is 16.1 Å². The number of anilines is 1. The zero-order valence-electron chi connectivity index (χ0n) is 14.7. The van der Waals surface area contributed by atoms with Gasteiger partial charge in [0.05, 0.1) is 0 Å². The number of carbonyl (C=O) groups is 2. The van der Waals surface area contributed by atoms with Crippen LogP contribution in [0, 0.1) is 6.92 Å². The van der Waals surface area contributed by atoms with E-state index in [0.29, 0.717) is 13.0 Å². The van der Waals surface area contributed by atoms with Crippen molar-refractivity contribution in [2.24, 2.45) is 0 Å². The van der Waals surface area contributed by atoms with Crippen molar-refractivity contribution in [3.05, 3.63) is 29.3 Å². The highest BCUT2D eigenvalue weighted by Gasteiger charge is 2.08. The SMILES string of the molecule is CC(=O)NCCCCCC(=O)Nc1ccc(C)cc1CN(C)C. The Morgan fingerprint density at radius 1 is 1.13 bits per heavy atom. The van der Waals surface area contributed by atoms with Gasteiger partial charge in [0.2, 0.25) is 11.8 Å². The molecule has 0 heterocycles. The van der Waals surface area contributed by atoms with E-state index in [9.17, 15) is 9.59 Å². The third-order valence-electron chi connectivity index (χ3n) is 3.48. The molecule has 0 spiro atoms. The number of carbonyl (C=O) groups excluding carboxylic acids is 2. The van der Waals surface area contributed by atoms with E-state index >= 15 is 0 Å². The first kappa shape index (κ1) is 19.2. The van der Waals surface area contributed by atoms with Gasteiger partial charge >= 0.3 is 0 Å². The summed E-state index contributed by atoms with van der Waals surface area (Å²) in [4.78, 5) is 24.9. The van der Waals surface area contributed by atoms with Gasteiger partial charge in [-0.3, -0.25) is 9.59 Å². The van der Waals surface area contributed by atoms with E-state index in [1.54, 1.807) is 0 Å². The topological polar surface area (TPSA) is 61.4 Å². The Hall–Kier alpha value is -1.88. The highest BCUT2D eigenvalue weighted by atomic mass is 16.2. The maximum atomic E-state index is 12.1. The number of nitrogens with one attached hydrogen (secondary N) is 2. The molecule has 0 atom stereocenters. The molecule has 5 heteroatoms. The largest absolute Gasteiger partial charge is 0.356 e. The first-order chi connectivity index (χ1) is 10.9. The maximum absolute atomic E-state index is 12.1. The average molecular weight is 319 g/mol. The van der Waals surface area contributed by atoms with E-state index < -0.39 is 0 Å². The van der Waals surface area contributed by atoms with Gasteiger partial charge in [-0.1, -0.05) is 24.1 Å². The fourth-order valence-electron chi connectivity index (χ4n) is 2.38. The van der Waals surface area contributed by atoms with Crippen LogP contribution in [0.4, 0.5) is 5.69 Å². The fourth-order valence-corrected chi connectivity index (χ4v) is 2.38. The smallest absolute Gasteiger partial charge is 0.224 e. The zero-order chi connectivity index (χ0) is 17.2. The zero-order valence-corrected chi connectivity index (χ0v) is 14.7. The minimum Gasteiger partial charge on any atom is -0.356 e. The predicted octanol–water partition coefficient (Wildman–Crippen LogP) is 2.69. The summed E-state index contributed by atoms with van der Waals surface area (Å²) in [5, 5.41) is 5.78. The number of nitrogens with zero attached hydrogens (tertiary/aromatic N) is 1. The van der Waals surface area contributed by atoms with Crippen LogP contribution in [0.25, 0.3) is 0 Å². The first-order valence-corrected chi connectivity index (χ1v) is 8.17. The Morgan fingerprint density at radius 3 is 2.52 bits per heavy atom. The second-order valence-electron chi connectivity index (χ2n) is 6.24. The summed E-state index contributed by atoms with van der Waals surface area (Å²) in [7, 11) is 4.03. The average Bonchev–Trinajstić information content (AvgIpc) is 2.44. The summed E-state index contributed by atoms with van der Waals surface area (Å²) in [6.07, 6.45) is 3.19. The molecule has 0 aliphatic heterocycles. The molecule has 0 aliphatic rings. The lowest BCUT2D eigenvalue weighted by atomic mass is 10.1. The van der Waals surface area contributed by atoms with Crippen molar-refractivity contribution in [2.45, 2.75) is 46.1 Å². The molecule has 128 valence electrons. The molecule has 0 aliphatic carbocycles. The van der Waals surface area contributed by atoms with Crippen LogP contribution in [-0.4, -0.2) is 37.4 Å². The van der Waals surface area contributed by atoms with Crippen molar-refractivity contribution < 1.29 is 9.59 Å². The van der Waals surface area contributed by atoms with E-state index in [1.165, 1.54) is 12.5 Å². The van der Waals surface area contributed by atoms with Gasteiger partial charge in [-0.05, 0) is 45.5 Å². The molecular formula is C18H29N3O2. The van der Waals surface area contributed by atoms with E-state index in [2.05, 4.69) is 28.5 Å². The van der Waals surface area contributed by atoms with Crippen molar-refractivity contribution in [2.75, 3.05) is 26.0 Å². The molecule has 0 saturated heterocycles. The standard InChI is InChI=1S/C18H29N3O2/c1-14-9-10-17(16(12-14)13-21(3)4)20-18(23)8-6-5-7-11-19-15(2)22/h9-10,12H,5-8,11,13H2,1-4H3,(H,19,22)(H,20,23). The van der Waals surface area contributed by atoms with Gasteiger partial charge in [0.25, 0.3) is 0 Å². The lowest BCUT2D eigenvalue weighted by Gasteiger charge is -2.16. The third kappa shape index (κ3) is 8.35. The summed E-state index contributed by atoms with van der Waals surface area (Å²) >= 11 is 0. The Labute approximate surface area is 139 Å². The van der Waals surface area contributed by atoms with Crippen LogP contribution < -0.4 is 10.6 Å². The van der Waals surface area contributed by atoms with Gasteiger partial charge in [0.1, 0.15) is 0 Å². The van der Waals surface area contributed by atoms with Crippen LogP contribution in [0.3, 0.4) is 0 Å². The summed E-state index contributed by atoms with van der Waals surface area (Å²) < 4.78 is 0. The Bertz CT molecular complexity index is 527. The molecule has 1 rings (SSSR count). The summed E-state index contributed by atoms with van der Waals surface area (Å²) in [6.45, 7) is 5.05. The number of unbranched alkanes of at least 4 members (excludes halogenated alkanes) is 2. The minimum absolute atomic E-state index is 0.00413. The molecule has 5 nitrogen and oxygen atoms in total. The monoisotopic (exact) mass is 319 g/mol. The molecule has 0 radical (unpaired) electrons. The molecule has 2 N–H and O–H groups in total. The number of benzene rings is 1. The van der Waals surface area contributed by atoms with Gasteiger partial charge in [0.15, 0.2) is 0 Å². The van der Waals surface area contributed by atoms with Gasteiger partial charge in [0, 0.05) is 32.1 Å². The van der Waals surface area contributed by atoms with E-state index in [4.69, 9.17) is 0 Å². The van der Waals surface area contributed by atoms with Crippen molar-refractivity contribution >= 4 is 17.5 Å². The molecule has 0 aromatic heterocycles. The summed E-state index contributed by atoms with van der Waals surface area (Å²) in [5.41, 5.74) is 3.22. The normalized spacial score (nSPS) is 10.7. The van der Waals surface area contributed by atoms with Gasteiger partial charge in [-0.2, -0.15) is 0 Å². The number of hydrogen-bond acceptors (Lipinski definition) is 3. The Balaban J connectivity index is 2.40. The molecule has 0 unspecified atom stereocenters. The number of aryl methyl sites for hydroxylation is 1. The van der Waals surface area contributed by atoms with Crippen LogP contribution >= 0.6 is 0 Å². The lowest BCUT2D eigenvalue weighted by molar-refractivity contribution is -0.119.